The van der Waals surface area contributed by atoms with Crippen LogP contribution < -0.4 is 5.32 Å². The lowest BCUT2D eigenvalue weighted by atomic mass is 10.2. The molecular weight excluding hydrogens is 356 g/mol. The summed E-state index contributed by atoms with van der Waals surface area (Å²) in [5.74, 6) is 0.949. The molecule has 1 N–H and O–H groups in total. The van der Waals surface area contributed by atoms with Crippen molar-refractivity contribution in [1.29, 1.82) is 5.26 Å². The number of nitrogens with zero attached hydrogens (tertiary/aromatic N) is 3. The second kappa shape index (κ2) is 8.24. The van der Waals surface area contributed by atoms with Gasteiger partial charge in [-0.3, -0.25) is 4.79 Å². The number of carbonyl (C=O) groups is 1. The molecule has 0 aliphatic heterocycles. The number of aromatic nitrogens is 2. The number of amides is 1. The summed E-state index contributed by atoms with van der Waals surface area (Å²) in [4.78, 5) is 12.2. The Morgan fingerprint density at radius 3 is 2.96 bits per heavy atom. The van der Waals surface area contributed by atoms with E-state index in [-0.39, 0.29) is 5.91 Å². The van der Waals surface area contributed by atoms with Crippen molar-refractivity contribution in [3.8, 4) is 6.07 Å². The molecule has 23 heavy (non-hydrogen) atoms. The number of thioether (sulfide) groups is 2. The third-order valence-electron chi connectivity index (χ3n) is 2.72. The molecule has 1 heterocycles. The first kappa shape index (κ1) is 17.7. The number of anilines is 1. The molecule has 0 fully saturated rings. The molecule has 0 saturated heterocycles. The van der Waals surface area contributed by atoms with Crippen LogP contribution >= 0.6 is 35.1 Å². The second-order valence-corrected chi connectivity index (χ2v) is 7.02. The molecular formula is C14H13ClN4O2S2. The molecule has 0 aliphatic rings. The average molecular weight is 369 g/mol. The van der Waals surface area contributed by atoms with Crippen molar-refractivity contribution < 1.29 is 9.21 Å². The third-order valence-corrected chi connectivity index (χ3v) is 4.50. The molecule has 0 bridgehead atoms. The Balaban J connectivity index is 1.96. The van der Waals surface area contributed by atoms with Crippen molar-refractivity contribution in [2.24, 2.45) is 0 Å². The van der Waals surface area contributed by atoms with Gasteiger partial charge in [0.25, 0.3) is 5.22 Å². The Morgan fingerprint density at radius 2 is 2.30 bits per heavy atom. The SMILES string of the molecule is CSCc1nnc(SC(C)C(=O)Nc2ccc(C#N)c(Cl)c2)o1. The Hall–Kier alpha value is -1.69. The number of nitrogens with one attached hydrogen (secondary N) is 1. The first-order valence-electron chi connectivity index (χ1n) is 6.52. The Bertz CT molecular complexity index is 745. The van der Waals surface area contributed by atoms with E-state index >= 15 is 0 Å². The van der Waals surface area contributed by atoms with Crippen LogP contribution in [0.25, 0.3) is 0 Å². The summed E-state index contributed by atoms with van der Waals surface area (Å²) in [7, 11) is 0. The lowest BCUT2D eigenvalue weighted by Crippen LogP contribution is -2.22. The van der Waals surface area contributed by atoms with Crippen LogP contribution in [0, 0.1) is 11.3 Å². The standard InChI is InChI=1S/C14H13ClN4O2S2/c1-8(23-14-19-18-12(21-14)7-22-2)13(20)17-10-4-3-9(6-16)11(15)5-10/h3-5,8H,7H2,1-2H3,(H,17,20). The quantitative estimate of drug-likeness (QED) is 0.779. The first-order valence-corrected chi connectivity index (χ1v) is 9.17. The van der Waals surface area contributed by atoms with E-state index in [1.165, 1.54) is 11.8 Å². The molecule has 2 aromatic rings. The summed E-state index contributed by atoms with van der Waals surface area (Å²) in [6, 6.07) is 6.69. The van der Waals surface area contributed by atoms with Gasteiger partial charge >= 0.3 is 0 Å². The zero-order valence-electron chi connectivity index (χ0n) is 12.4. The number of halogens is 1. The molecule has 1 aromatic heterocycles. The molecule has 1 amide bonds. The molecule has 1 atom stereocenters. The summed E-state index contributed by atoms with van der Waals surface area (Å²) in [6.07, 6.45) is 1.94. The molecule has 6 nitrogen and oxygen atoms in total. The van der Waals surface area contributed by atoms with Gasteiger partial charge in [-0.15, -0.1) is 10.2 Å². The third kappa shape index (κ3) is 4.89. The van der Waals surface area contributed by atoms with E-state index in [1.807, 2.05) is 12.3 Å². The summed E-state index contributed by atoms with van der Waals surface area (Å²) in [6.45, 7) is 1.74. The van der Waals surface area contributed by atoms with E-state index in [2.05, 4.69) is 15.5 Å². The summed E-state index contributed by atoms with van der Waals surface area (Å²) in [5, 5.41) is 19.6. The number of benzene rings is 1. The highest BCUT2D eigenvalue weighted by molar-refractivity contribution is 8.00. The fourth-order valence-corrected chi connectivity index (χ4v) is 2.89. The van der Waals surface area contributed by atoms with Crippen LogP contribution in [-0.2, 0) is 10.5 Å². The highest BCUT2D eigenvalue weighted by Gasteiger charge is 2.18. The van der Waals surface area contributed by atoms with Gasteiger partial charge in [0, 0.05) is 5.69 Å². The maximum Gasteiger partial charge on any atom is 0.277 e. The average Bonchev–Trinajstić information content (AvgIpc) is 2.95. The predicted octanol–water partition coefficient (Wildman–Crippen LogP) is 3.58. The van der Waals surface area contributed by atoms with E-state index in [0.717, 1.165) is 0 Å². The molecule has 120 valence electrons. The van der Waals surface area contributed by atoms with Crippen LogP contribution in [0.4, 0.5) is 5.69 Å². The van der Waals surface area contributed by atoms with Crippen LogP contribution in [0.2, 0.25) is 5.02 Å². The maximum absolute atomic E-state index is 12.2. The largest absolute Gasteiger partial charge is 0.415 e. The minimum absolute atomic E-state index is 0.222. The maximum atomic E-state index is 12.2. The molecule has 0 radical (unpaired) electrons. The minimum Gasteiger partial charge on any atom is -0.415 e. The van der Waals surface area contributed by atoms with Crippen molar-refractivity contribution in [2.45, 2.75) is 23.1 Å². The Labute approximate surface area is 147 Å². The van der Waals surface area contributed by atoms with E-state index in [0.29, 0.717) is 33.1 Å². The van der Waals surface area contributed by atoms with Gasteiger partial charge in [-0.1, -0.05) is 23.4 Å². The van der Waals surface area contributed by atoms with E-state index in [9.17, 15) is 4.79 Å². The minimum atomic E-state index is -0.424. The molecule has 9 heteroatoms. The molecule has 0 saturated carbocycles. The van der Waals surface area contributed by atoms with Gasteiger partial charge in [-0.2, -0.15) is 17.0 Å². The zero-order valence-corrected chi connectivity index (χ0v) is 14.8. The summed E-state index contributed by atoms with van der Waals surface area (Å²) >= 11 is 8.70. The fraction of sp³-hybridized carbons (Fsp3) is 0.286. The van der Waals surface area contributed by atoms with Crippen molar-refractivity contribution in [3.05, 3.63) is 34.7 Å². The van der Waals surface area contributed by atoms with Gasteiger partial charge in [0.05, 0.1) is 21.6 Å². The van der Waals surface area contributed by atoms with Crippen molar-refractivity contribution in [3.63, 3.8) is 0 Å². The van der Waals surface area contributed by atoms with Gasteiger partial charge in [0.2, 0.25) is 11.8 Å². The number of rotatable bonds is 6. The van der Waals surface area contributed by atoms with Crippen LogP contribution in [0.3, 0.4) is 0 Å². The normalized spacial score (nSPS) is 11.7. The lowest BCUT2D eigenvalue weighted by Gasteiger charge is -2.10. The monoisotopic (exact) mass is 368 g/mol. The number of hydrogen-bond donors (Lipinski definition) is 1. The van der Waals surface area contributed by atoms with Gasteiger partial charge in [-0.25, -0.2) is 0 Å². The lowest BCUT2D eigenvalue weighted by molar-refractivity contribution is -0.115. The molecule has 2 rings (SSSR count). The highest BCUT2D eigenvalue weighted by atomic mass is 35.5. The first-order chi connectivity index (χ1) is 11.0. The highest BCUT2D eigenvalue weighted by Crippen LogP contribution is 2.25. The predicted molar refractivity (Wildman–Crippen MR) is 91.6 cm³/mol. The second-order valence-electron chi connectivity index (χ2n) is 4.45. The van der Waals surface area contributed by atoms with Crippen LogP contribution in [0.5, 0.6) is 0 Å². The summed E-state index contributed by atoms with van der Waals surface area (Å²) < 4.78 is 5.43. The number of nitriles is 1. The van der Waals surface area contributed by atoms with Gasteiger partial charge < -0.3 is 9.73 Å². The van der Waals surface area contributed by atoms with Crippen LogP contribution in [0.1, 0.15) is 18.4 Å². The van der Waals surface area contributed by atoms with E-state index in [4.69, 9.17) is 21.3 Å². The fourth-order valence-electron chi connectivity index (χ4n) is 1.60. The van der Waals surface area contributed by atoms with Gasteiger partial charge in [-0.05, 0) is 31.4 Å². The molecule has 1 aromatic carbocycles. The summed E-state index contributed by atoms with van der Waals surface area (Å²) in [5.41, 5.74) is 0.888. The van der Waals surface area contributed by atoms with Crippen molar-refractivity contribution in [2.75, 3.05) is 11.6 Å². The van der Waals surface area contributed by atoms with Crippen molar-refractivity contribution in [1.82, 2.24) is 10.2 Å². The van der Waals surface area contributed by atoms with Crippen molar-refractivity contribution >= 4 is 46.7 Å². The van der Waals surface area contributed by atoms with Gasteiger partial charge in [0.1, 0.15) is 6.07 Å². The van der Waals surface area contributed by atoms with Crippen LogP contribution in [-0.4, -0.2) is 27.6 Å². The van der Waals surface area contributed by atoms with Crippen LogP contribution in [0.15, 0.2) is 27.8 Å². The Morgan fingerprint density at radius 1 is 1.52 bits per heavy atom. The van der Waals surface area contributed by atoms with E-state index < -0.39 is 5.25 Å². The van der Waals surface area contributed by atoms with Gasteiger partial charge in [0.15, 0.2) is 0 Å². The molecule has 1 unspecified atom stereocenters. The van der Waals surface area contributed by atoms with E-state index in [1.54, 1.807) is 36.9 Å². The number of hydrogen-bond acceptors (Lipinski definition) is 7. The smallest absolute Gasteiger partial charge is 0.277 e. The molecule has 0 aliphatic carbocycles. The number of carbonyl (C=O) groups excluding carboxylic acids is 1. The zero-order chi connectivity index (χ0) is 16.8. The molecule has 0 spiro atoms. The topological polar surface area (TPSA) is 91.8 Å². The Kier molecular flexibility index (Phi) is 6.33.